The van der Waals surface area contributed by atoms with Crippen molar-refractivity contribution in [2.45, 2.75) is 19.4 Å². The number of aromatic hydroxyl groups is 1. The molecular formula is C10H15NO. The van der Waals surface area contributed by atoms with Crippen molar-refractivity contribution >= 4 is 0 Å². The molecule has 0 aromatic heterocycles. The van der Waals surface area contributed by atoms with Crippen LogP contribution in [0.25, 0.3) is 0 Å². The van der Waals surface area contributed by atoms with Crippen LogP contribution in [-0.4, -0.2) is 18.1 Å². The Morgan fingerprint density at radius 3 is 2.75 bits per heavy atom. The number of hydrogen-bond acceptors (Lipinski definition) is 2. The molecule has 0 fully saturated rings. The fourth-order valence-corrected chi connectivity index (χ4v) is 1.04. The van der Waals surface area contributed by atoms with Crippen molar-refractivity contribution in [3.05, 3.63) is 29.8 Å². The number of phenols is 1. The molecule has 0 aliphatic carbocycles. The monoisotopic (exact) mass is 168 g/mol. The molecule has 12 heavy (non-hydrogen) atoms. The predicted octanol–water partition coefficient (Wildman–Crippen LogP) is 1.54. The van der Waals surface area contributed by atoms with E-state index in [4.69, 9.17) is 9.22 Å². The molecule has 1 aromatic carbocycles. The Morgan fingerprint density at radius 1 is 1.50 bits per heavy atom. The molecule has 0 bridgehead atoms. The van der Waals surface area contributed by atoms with Gasteiger partial charge in [-0.3, -0.25) is 0 Å². The van der Waals surface area contributed by atoms with Gasteiger partial charge in [0.15, 0.2) is 0 Å². The first-order valence-corrected chi connectivity index (χ1v) is 3.92. The number of rotatable bonds is 3. The maximum Gasteiger partial charge on any atom is 0.115 e. The van der Waals surface area contributed by atoms with E-state index in [-0.39, 0.29) is 11.8 Å². The second-order valence-corrected chi connectivity index (χ2v) is 2.92. The first-order chi connectivity index (χ1) is 6.87. The molecule has 0 saturated heterocycles. The van der Waals surface area contributed by atoms with Crippen LogP contribution < -0.4 is 5.32 Å². The number of benzene rings is 1. The summed E-state index contributed by atoms with van der Waals surface area (Å²) >= 11 is 0. The van der Waals surface area contributed by atoms with E-state index in [0.29, 0.717) is 6.42 Å². The van der Waals surface area contributed by atoms with Crippen molar-refractivity contribution < 1.29 is 9.22 Å². The SMILES string of the molecule is [2H]C([2H])([2H])NC(C)Cc1ccc(O)cc1. The summed E-state index contributed by atoms with van der Waals surface area (Å²) in [6, 6.07) is 6.64. The van der Waals surface area contributed by atoms with Gasteiger partial charge in [-0.15, -0.1) is 0 Å². The molecule has 0 spiro atoms. The van der Waals surface area contributed by atoms with E-state index in [9.17, 15) is 0 Å². The Kier molecular flexibility index (Phi) is 1.92. The highest BCUT2D eigenvalue weighted by molar-refractivity contribution is 5.26. The Labute approximate surface area is 77.5 Å². The second kappa shape index (κ2) is 4.12. The molecule has 0 amide bonds. The molecule has 0 aliphatic heterocycles. The molecule has 2 N–H and O–H groups in total. The average Bonchev–Trinajstić information content (AvgIpc) is 2.05. The normalized spacial score (nSPS) is 17.6. The van der Waals surface area contributed by atoms with Crippen LogP contribution in [0, 0.1) is 0 Å². The lowest BCUT2D eigenvalue weighted by Crippen LogP contribution is -2.23. The molecule has 2 nitrogen and oxygen atoms in total. The average molecular weight is 168 g/mol. The number of nitrogens with one attached hydrogen (secondary N) is 1. The van der Waals surface area contributed by atoms with Gasteiger partial charge < -0.3 is 10.4 Å². The van der Waals surface area contributed by atoms with E-state index in [0.717, 1.165) is 5.56 Å². The lowest BCUT2D eigenvalue weighted by atomic mass is 10.1. The van der Waals surface area contributed by atoms with Gasteiger partial charge >= 0.3 is 0 Å². The third-order valence-corrected chi connectivity index (χ3v) is 1.72. The van der Waals surface area contributed by atoms with Crippen LogP contribution in [0.1, 0.15) is 16.6 Å². The standard InChI is InChI=1S/C10H15NO/c1-8(11-2)7-9-3-5-10(12)6-4-9/h3-6,8,11-12H,7H2,1-2H3/i2D3. The summed E-state index contributed by atoms with van der Waals surface area (Å²) in [4.78, 5) is 0. The molecule has 0 radical (unpaired) electrons. The minimum atomic E-state index is -2.10. The van der Waals surface area contributed by atoms with E-state index >= 15 is 0 Å². The summed E-state index contributed by atoms with van der Waals surface area (Å²) < 4.78 is 21.1. The summed E-state index contributed by atoms with van der Waals surface area (Å²) in [6.07, 6.45) is 0.624. The van der Waals surface area contributed by atoms with Crippen LogP contribution in [0.3, 0.4) is 0 Å². The summed E-state index contributed by atoms with van der Waals surface area (Å²) in [6.45, 7) is -0.282. The summed E-state index contributed by atoms with van der Waals surface area (Å²) in [5.41, 5.74) is 0.997. The molecule has 66 valence electrons. The van der Waals surface area contributed by atoms with Crippen molar-refractivity contribution in [3.8, 4) is 5.75 Å². The Hall–Kier alpha value is -1.02. The smallest absolute Gasteiger partial charge is 0.115 e. The minimum Gasteiger partial charge on any atom is -0.508 e. The lowest BCUT2D eigenvalue weighted by molar-refractivity contribution is 0.475. The van der Waals surface area contributed by atoms with E-state index in [1.54, 1.807) is 24.3 Å². The van der Waals surface area contributed by atoms with E-state index in [1.165, 1.54) is 0 Å². The van der Waals surface area contributed by atoms with Crippen LogP contribution in [0.2, 0.25) is 0 Å². The second-order valence-electron chi connectivity index (χ2n) is 2.92. The maximum absolute atomic E-state index is 9.07. The number of phenolic OH excluding ortho intramolecular Hbond substituents is 1. The third-order valence-electron chi connectivity index (χ3n) is 1.72. The Morgan fingerprint density at radius 2 is 2.17 bits per heavy atom. The van der Waals surface area contributed by atoms with Gasteiger partial charge in [0.1, 0.15) is 5.75 Å². The van der Waals surface area contributed by atoms with Gasteiger partial charge in [-0.25, -0.2) is 0 Å². The lowest BCUT2D eigenvalue weighted by Gasteiger charge is -2.09. The van der Waals surface area contributed by atoms with E-state index in [2.05, 4.69) is 5.32 Å². The molecule has 1 aromatic rings. The van der Waals surface area contributed by atoms with Crippen LogP contribution in [-0.2, 0) is 6.42 Å². The van der Waals surface area contributed by atoms with E-state index < -0.39 is 6.98 Å². The zero-order valence-electron chi connectivity index (χ0n) is 10.0. The van der Waals surface area contributed by atoms with Crippen molar-refractivity contribution in [2.75, 3.05) is 6.98 Å². The van der Waals surface area contributed by atoms with Gasteiger partial charge in [0.25, 0.3) is 0 Å². The van der Waals surface area contributed by atoms with Crippen molar-refractivity contribution in [1.82, 2.24) is 5.32 Å². The highest BCUT2D eigenvalue weighted by Gasteiger charge is 1.99. The zero-order chi connectivity index (χ0) is 11.5. The molecule has 2 heteroatoms. The van der Waals surface area contributed by atoms with Crippen LogP contribution in [0.4, 0.5) is 0 Å². The number of hydrogen-bond donors (Lipinski definition) is 2. The van der Waals surface area contributed by atoms with Gasteiger partial charge in [-0.1, -0.05) is 12.1 Å². The third kappa shape index (κ3) is 2.55. The summed E-state index contributed by atoms with van der Waals surface area (Å²) in [7, 11) is 0. The highest BCUT2D eigenvalue weighted by atomic mass is 16.3. The summed E-state index contributed by atoms with van der Waals surface area (Å²) in [5, 5.41) is 11.6. The highest BCUT2D eigenvalue weighted by Crippen LogP contribution is 2.10. The first kappa shape index (κ1) is 5.60. The molecule has 0 aliphatic rings. The Bertz CT molecular complexity index is 307. The maximum atomic E-state index is 9.07. The van der Waals surface area contributed by atoms with Crippen LogP contribution >= 0.6 is 0 Å². The molecule has 0 heterocycles. The molecule has 1 rings (SSSR count). The van der Waals surface area contributed by atoms with Gasteiger partial charge in [0, 0.05) is 10.2 Å². The van der Waals surface area contributed by atoms with Crippen LogP contribution in [0.15, 0.2) is 24.3 Å². The molecule has 1 atom stereocenters. The largest absolute Gasteiger partial charge is 0.508 e. The molecule has 0 saturated carbocycles. The molecular weight excluding hydrogens is 150 g/mol. The fourth-order valence-electron chi connectivity index (χ4n) is 1.04. The van der Waals surface area contributed by atoms with E-state index in [1.807, 2.05) is 6.92 Å². The predicted molar refractivity (Wildman–Crippen MR) is 50.3 cm³/mol. The quantitative estimate of drug-likeness (QED) is 0.717. The van der Waals surface area contributed by atoms with Gasteiger partial charge in [0.05, 0.1) is 0 Å². The van der Waals surface area contributed by atoms with Crippen molar-refractivity contribution in [2.24, 2.45) is 0 Å². The van der Waals surface area contributed by atoms with Gasteiger partial charge in [0.2, 0.25) is 0 Å². The molecule has 1 unspecified atom stereocenters. The van der Waals surface area contributed by atoms with Crippen LogP contribution in [0.5, 0.6) is 5.75 Å². The fraction of sp³-hybridized carbons (Fsp3) is 0.400. The van der Waals surface area contributed by atoms with Gasteiger partial charge in [-0.2, -0.15) is 0 Å². The van der Waals surface area contributed by atoms with Gasteiger partial charge in [-0.05, 0) is 38.0 Å². The van der Waals surface area contributed by atoms with Crippen molar-refractivity contribution in [1.29, 1.82) is 0 Å². The number of likely N-dealkylation sites (N-methyl/N-ethyl adjacent to an activating group) is 1. The summed E-state index contributed by atoms with van der Waals surface area (Å²) in [5.74, 6) is 0.218. The van der Waals surface area contributed by atoms with Crippen molar-refractivity contribution in [3.63, 3.8) is 0 Å². The zero-order valence-corrected chi connectivity index (χ0v) is 7.04. The minimum absolute atomic E-state index is 0.123. The Balaban J connectivity index is 2.51. The topological polar surface area (TPSA) is 32.3 Å². The first-order valence-electron chi connectivity index (χ1n) is 5.42.